The number of aromatic nitrogens is 1. The van der Waals surface area contributed by atoms with Gasteiger partial charge in [-0.2, -0.15) is 0 Å². The summed E-state index contributed by atoms with van der Waals surface area (Å²) in [5, 5.41) is 0.544. The first-order chi connectivity index (χ1) is 8.17. The summed E-state index contributed by atoms with van der Waals surface area (Å²) in [5.74, 6) is 0.298. The van der Waals surface area contributed by atoms with Crippen LogP contribution in [-0.4, -0.2) is 11.7 Å². The predicted molar refractivity (Wildman–Crippen MR) is 65.8 cm³/mol. The fourth-order valence-electron chi connectivity index (χ4n) is 1.64. The van der Waals surface area contributed by atoms with Gasteiger partial charge in [-0.25, -0.2) is 9.36 Å². The van der Waals surface area contributed by atoms with E-state index in [0.29, 0.717) is 16.5 Å². The number of ether oxygens (including phenoxy) is 1. The molecule has 0 unspecified atom stereocenters. The third-order valence-electron chi connectivity index (χ3n) is 2.53. The van der Waals surface area contributed by atoms with E-state index in [-0.39, 0.29) is 0 Å². The monoisotopic (exact) mass is 231 g/mol. The first-order valence-corrected chi connectivity index (χ1v) is 5.19. The molecule has 0 spiro atoms. The molecule has 0 aliphatic rings. The zero-order valence-electron chi connectivity index (χ0n) is 9.77. The van der Waals surface area contributed by atoms with Crippen molar-refractivity contribution in [1.29, 1.82) is 0 Å². The van der Waals surface area contributed by atoms with Gasteiger partial charge in [0.1, 0.15) is 5.75 Å². The van der Waals surface area contributed by atoms with Gasteiger partial charge in [0.05, 0.1) is 18.1 Å². The molecule has 0 saturated heterocycles. The van der Waals surface area contributed by atoms with Gasteiger partial charge in [-0.3, -0.25) is 0 Å². The van der Waals surface area contributed by atoms with Crippen LogP contribution in [0.4, 0.5) is 0 Å². The van der Waals surface area contributed by atoms with E-state index in [0.717, 1.165) is 5.75 Å². The van der Waals surface area contributed by atoms with Crippen molar-refractivity contribution in [3.05, 3.63) is 45.6 Å². The van der Waals surface area contributed by atoms with Gasteiger partial charge in [-0.15, -0.1) is 0 Å². The quantitative estimate of drug-likeness (QED) is 0.762. The summed E-state index contributed by atoms with van der Waals surface area (Å²) in [7, 11) is 1.59. The molecule has 1 aromatic carbocycles. The van der Waals surface area contributed by atoms with E-state index in [1.165, 1.54) is 4.57 Å². The Morgan fingerprint density at radius 1 is 1.35 bits per heavy atom. The lowest BCUT2D eigenvalue weighted by atomic mass is 10.3. The first-order valence-electron chi connectivity index (χ1n) is 5.19. The number of hydrogen-bond donors (Lipinski definition) is 0. The Hall–Kier alpha value is -2.23. The minimum absolute atomic E-state index is 0.437. The lowest BCUT2D eigenvalue weighted by molar-refractivity contribution is 0.414. The van der Waals surface area contributed by atoms with Crippen LogP contribution >= 0.6 is 0 Å². The van der Waals surface area contributed by atoms with Crippen LogP contribution in [0.2, 0.25) is 0 Å². The van der Waals surface area contributed by atoms with Gasteiger partial charge in [-0.1, -0.05) is 6.58 Å². The predicted octanol–water partition coefficient (Wildman–Crippen LogP) is 0.650. The van der Waals surface area contributed by atoms with Crippen LogP contribution in [0.1, 0.15) is 6.92 Å². The van der Waals surface area contributed by atoms with Crippen LogP contribution in [0.3, 0.4) is 0 Å². The second-order valence-electron chi connectivity index (χ2n) is 3.50. The number of hydrogen-bond acceptors (Lipinski definition) is 3. The maximum Gasteiger partial charge on any atom is 0.424 e. The molecule has 2 aromatic rings. The molecule has 1 heterocycles. The molecule has 0 fully saturated rings. The zero-order chi connectivity index (χ0) is 12.4. The Morgan fingerprint density at radius 3 is 2.47 bits per heavy atom. The molecule has 0 N–H and O–H groups in total. The summed E-state index contributed by atoms with van der Waals surface area (Å²) < 4.78 is 11.5. The molecule has 0 amide bonds. The lowest BCUT2D eigenvalue weighted by Gasteiger charge is -2.02. The lowest BCUT2D eigenvalue weighted by Crippen LogP contribution is -2.29. The Labute approximate surface area is 98.1 Å². The Kier molecular flexibility index (Phi) is 2.87. The highest BCUT2D eigenvalue weighted by atomic mass is 16.5. The van der Waals surface area contributed by atoms with Crippen molar-refractivity contribution >= 4 is 12.7 Å². The molecule has 1 aromatic heterocycles. The average molecular weight is 231 g/mol. The van der Waals surface area contributed by atoms with Gasteiger partial charge in [0.15, 0.2) is 5.42 Å². The van der Waals surface area contributed by atoms with Crippen molar-refractivity contribution in [3.8, 4) is 11.4 Å². The minimum atomic E-state index is -0.437. The van der Waals surface area contributed by atoms with Crippen molar-refractivity contribution < 1.29 is 9.15 Å². The van der Waals surface area contributed by atoms with Crippen LogP contribution in [0.5, 0.6) is 5.75 Å². The summed E-state index contributed by atoms with van der Waals surface area (Å²) in [4.78, 5) is 11.7. The highest BCUT2D eigenvalue weighted by Crippen LogP contribution is 2.12. The van der Waals surface area contributed by atoms with Crippen LogP contribution in [-0.2, 0) is 0 Å². The van der Waals surface area contributed by atoms with Crippen LogP contribution in [0, 0.1) is 0 Å². The largest absolute Gasteiger partial charge is 0.497 e. The smallest absolute Gasteiger partial charge is 0.424 e. The van der Waals surface area contributed by atoms with Crippen LogP contribution in [0.25, 0.3) is 18.3 Å². The van der Waals surface area contributed by atoms with Gasteiger partial charge in [0.2, 0.25) is 0 Å². The van der Waals surface area contributed by atoms with Crippen molar-refractivity contribution in [3.63, 3.8) is 0 Å². The fraction of sp³-hybridized carbons (Fsp3) is 0.154. The van der Waals surface area contributed by atoms with Crippen LogP contribution < -0.4 is 21.3 Å². The molecule has 4 heteroatoms. The molecular formula is C13H13NO3. The van der Waals surface area contributed by atoms with E-state index >= 15 is 0 Å². The molecule has 0 bridgehead atoms. The van der Waals surface area contributed by atoms with E-state index in [2.05, 4.69) is 6.58 Å². The maximum atomic E-state index is 11.7. The molecule has 0 atom stereocenters. The normalized spacial score (nSPS) is 11.8. The topological polar surface area (TPSA) is 44.4 Å². The van der Waals surface area contributed by atoms with Gasteiger partial charge in [-0.05, 0) is 37.3 Å². The highest BCUT2D eigenvalue weighted by Gasteiger charge is 2.05. The minimum Gasteiger partial charge on any atom is -0.497 e. The molecule has 17 heavy (non-hydrogen) atoms. The summed E-state index contributed by atoms with van der Waals surface area (Å²) in [5.41, 5.74) is 1.20. The summed E-state index contributed by atoms with van der Waals surface area (Å²) in [6.45, 7) is 5.63. The third kappa shape index (κ3) is 1.89. The number of oxazole rings is 1. The van der Waals surface area contributed by atoms with E-state index in [1.54, 1.807) is 44.4 Å². The molecule has 0 aliphatic carbocycles. The Balaban J connectivity index is 2.65. The molecule has 88 valence electrons. The number of methoxy groups -OCH3 is 1. The van der Waals surface area contributed by atoms with E-state index in [4.69, 9.17) is 9.15 Å². The van der Waals surface area contributed by atoms with Crippen molar-refractivity contribution in [2.45, 2.75) is 6.92 Å². The summed E-state index contributed by atoms with van der Waals surface area (Å²) in [6, 6.07) is 7.13. The van der Waals surface area contributed by atoms with Crippen molar-refractivity contribution in [2.24, 2.45) is 0 Å². The van der Waals surface area contributed by atoms with E-state index < -0.39 is 5.76 Å². The van der Waals surface area contributed by atoms with Gasteiger partial charge in [0, 0.05) is 0 Å². The standard InChI is InChI=1S/C13H13NO3/c1-4-12-9(2)14(13(15)17-12)10-5-7-11(16-3)8-6-10/h4-8H,2H2,1,3H3/b12-4-. The van der Waals surface area contributed by atoms with Crippen LogP contribution in [0.15, 0.2) is 33.5 Å². The number of rotatable bonds is 2. The molecule has 4 nitrogen and oxygen atoms in total. The van der Waals surface area contributed by atoms with E-state index in [9.17, 15) is 4.79 Å². The first kappa shape index (κ1) is 11.3. The van der Waals surface area contributed by atoms with Gasteiger partial charge >= 0.3 is 5.76 Å². The van der Waals surface area contributed by atoms with Gasteiger partial charge in [0.25, 0.3) is 0 Å². The SMILES string of the molecule is C=c1/c(=C/C)oc(=O)n1-c1ccc(OC)cc1. The summed E-state index contributed by atoms with van der Waals surface area (Å²) >= 11 is 0. The molecule has 0 saturated carbocycles. The maximum absolute atomic E-state index is 11.7. The fourth-order valence-corrected chi connectivity index (χ4v) is 1.64. The Bertz CT molecular complexity index is 677. The molecule has 2 rings (SSSR count). The Morgan fingerprint density at radius 2 is 2.00 bits per heavy atom. The van der Waals surface area contributed by atoms with E-state index in [1.807, 2.05) is 0 Å². The number of nitrogens with zero attached hydrogens (tertiary/aromatic N) is 1. The van der Waals surface area contributed by atoms with Crippen molar-refractivity contribution in [2.75, 3.05) is 7.11 Å². The average Bonchev–Trinajstić information content (AvgIpc) is 2.64. The van der Waals surface area contributed by atoms with Gasteiger partial charge < -0.3 is 9.15 Å². The molecular weight excluding hydrogens is 218 g/mol. The molecule has 0 aliphatic heterocycles. The second kappa shape index (κ2) is 4.33. The third-order valence-corrected chi connectivity index (χ3v) is 2.53. The second-order valence-corrected chi connectivity index (χ2v) is 3.50. The number of benzene rings is 1. The molecule has 0 radical (unpaired) electrons. The van der Waals surface area contributed by atoms with Crippen molar-refractivity contribution in [1.82, 2.24) is 4.57 Å². The zero-order valence-corrected chi connectivity index (χ0v) is 9.77. The highest BCUT2D eigenvalue weighted by molar-refractivity contribution is 5.37. The summed E-state index contributed by atoms with van der Waals surface area (Å²) in [6.07, 6.45) is 1.71.